The molecular weight excluding hydrogens is 490 g/mol. The van der Waals surface area contributed by atoms with E-state index in [1.807, 2.05) is 56.3 Å². The number of aliphatic hydroxyl groups is 1. The van der Waals surface area contributed by atoms with Crippen LogP contribution in [0.1, 0.15) is 41.8 Å². The van der Waals surface area contributed by atoms with Crippen LogP contribution < -0.4 is 5.32 Å². The zero-order valence-electron chi connectivity index (χ0n) is 21.3. The van der Waals surface area contributed by atoms with Crippen molar-refractivity contribution in [1.29, 1.82) is 0 Å². The van der Waals surface area contributed by atoms with E-state index in [-0.39, 0.29) is 29.5 Å². The smallest absolute Gasteiger partial charge is 0.255 e. The van der Waals surface area contributed by atoms with E-state index in [9.17, 15) is 24.6 Å². The summed E-state index contributed by atoms with van der Waals surface area (Å²) in [5.74, 6) is -0.983. The van der Waals surface area contributed by atoms with E-state index in [1.165, 1.54) is 22.7 Å². The number of nitrogens with one attached hydrogen (secondary N) is 1. The lowest BCUT2D eigenvalue weighted by atomic mass is 9.92. The maximum Gasteiger partial charge on any atom is 0.255 e. The van der Waals surface area contributed by atoms with Crippen LogP contribution in [0, 0.1) is 6.92 Å². The molecule has 37 heavy (non-hydrogen) atoms. The molecule has 0 radical (unpaired) electrons. The van der Waals surface area contributed by atoms with Crippen molar-refractivity contribution >= 4 is 29.5 Å². The number of aliphatic hydroxyl groups excluding tert-OH is 1. The summed E-state index contributed by atoms with van der Waals surface area (Å²) in [6, 6.07) is 12.3. The lowest BCUT2D eigenvalue weighted by Crippen LogP contribution is -2.73. The van der Waals surface area contributed by atoms with Gasteiger partial charge in [-0.15, -0.1) is 11.8 Å². The molecule has 2 fully saturated rings. The van der Waals surface area contributed by atoms with Crippen molar-refractivity contribution in [3.8, 4) is 5.75 Å². The summed E-state index contributed by atoms with van der Waals surface area (Å²) in [4.78, 5) is 42.3. The van der Waals surface area contributed by atoms with Crippen molar-refractivity contribution in [1.82, 2.24) is 15.1 Å². The number of carbonyl (C=O) groups excluding carboxylic acids is 3. The molecule has 4 atom stereocenters. The predicted octanol–water partition coefficient (Wildman–Crippen LogP) is 2.83. The minimum atomic E-state index is -1.56. The number of allylic oxidation sites excluding steroid dienone is 1. The second-order valence-electron chi connectivity index (χ2n) is 9.53. The molecule has 2 aliphatic rings. The van der Waals surface area contributed by atoms with E-state index >= 15 is 0 Å². The maximum atomic E-state index is 13.5. The first kappa shape index (κ1) is 26.8. The Labute approximate surface area is 221 Å². The molecule has 0 bridgehead atoms. The number of likely N-dealkylation sites (tertiary alicyclic amines) is 1. The summed E-state index contributed by atoms with van der Waals surface area (Å²) in [7, 11) is 0. The van der Waals surface area contributed by atoms with Crippen LogP contribution in [-0.2, 0) is 16.0 Å². The van der Waals surface area contributed by atoms with Gasteiger partial charge in [-0.1, -0.05) is 55.5 Å². The molecule has 2 heterocycles. The first-order valence-electron chi connectivity index (χ1n) is 12.4. The zero-order valence-corrected chi connectivity index (χ0v) is 22.1. The summed E-state index contributed by atoms with van der Waals surface area (Å²) < 4.78 is 0. The molecule has 0 saturated carbocycles. The second-order valence-corrected chi connectivity index (χ2v) is 10.9. The minimum Gasteiger partial charge on any atom is -0.508 e. The third-order valence-corrected chi connectivity index (χ3v) is 8.56. The number of rotatable bonds is 9. The van der Waals surface area contributed by atoms with Crippen molar-refractivity contribution < 1.29 is 24.6 Å². The quantitative estimate of drug-likeness (QED) is 0.344. The predicted molar refractivity (Wildman–Crippen MR) is 143 cm³/mol. The van der Waals surface area contributed by atoms with Crippen LogP contribution in [0.3, 0.4) is 0 Å². The van der Waals surface area contributed by atoms with Gasteiger partial charge in [0.25, 0.3) is 11.8 Å². The molecule has 1 unspecified atom stereocenters. The van der Waals surface area contributed by atoms with Crippen LogP contribution in [-0.4, -0.2) is 73.2 Å². The van der Waals surface area contributed by atoms with E-state index in [2.05, 4.69) is 5.32 Å². The van der Waals surface area contributed by atoms with Crippen molar-refractivity contribution in [3.63, 3.8) is 0 Å². The molecule has 0 aliphatic carbocycles. The Hall–Kier alpha value is -3.30. The van der Waals surface area contributed by atoms with E-state index < -0.39 is 34.9 Å². The normalized spacial score (nSPS) is 22.5. The number of β-lactam (4-membered cyclic amide) rings is 1. The monoisotopic (exact) mass is 523 g/mol. The fourth-order valence-electron chi connectivity index (χ4n) is 4.91. The first-order chi connectivity index (χ1) is 17.7. The zero-order chi connectivity index (χ0) is 26.7. The van der Waals surface area contributed by atoms with Crippen LogP contribution in [0.2, 0.25) is 0 Å². The van der Waals surface area contributed by atoms with Crippen LogP contribution in [0.25, 0.3) is 0 Å². The number of fused-ring (bicyclic) bond motifs is 1. The fraction of sp³-hybridized carbons (Fsp3) is 0.393. The standard InChI is InChI=1S/C28H33N3O5S/c1-4-5-9-15-31-27(36)24-28(31,3)37-17-30(24)26(35)23(33)21(16-19-11-7-6-8-12-19)29-25(34)20-13-10-14-22(32)18(20)2/h5-14,21,23-24,32-33H,4,15-17H2,1-3H3,(H,29,34)/b9-5+/t21-,23-,24+,28?/m0/s1. The molecule has 3 N–H and O–H groups in total. The number of benzene rings is 2. The first-order valence-corrected chi connectivity index (χ1v) is 13.4. The second kappa shape index (κ2) is 11.0. The molecule has 4 rings (SSSR count). The van der Waals surface area contributed by atoms with E-state index in [1.54, 1.807) is 24.0 Å². The van der Waals surface area contributed by atoms with Gasteiger partial charge in [-0.2, -0.15) is 0 Å². The molecule has 2 aromatic rings. The summed E-state index contributed by atoms with van der Waals surface area (Å²) in [5, 5.41) is 24.1. The topological polar surface area (TPSA) is 110 Å². The highest BCUT2D eigenvalue weighted by Gasteiger charge is 2.65. The number of carbonyl (C=O) groups is 3. The molecule has 2 aromatic carbocycles. The van der Waals surface area contributed by atoms with Crippen molar-refractivity contribution in [2.45, 2.75) is 56.7 Å². The van der Waals surface area contributed by atoms with Gasteiger partial charge in [-0.3, -0.25) is 14.4 Å². The van der Waals surface area contributed by atoms with E-state index in [4.69, 9.17) is 0 Å². The Morgan fingerprint density at radius 1 is 1.19 bits per heavy atom. The van der Waals surface area contributed by atoms with Crippen LogP contribution in [0.5, 0.6) is 5.75 Å². The van der Waals surface area contributed by atoms with Gasteiger partial charge in [0.1, 0.15) is 16.7 Å². The largest absolute Gasteiger partial charge is 0.508 e. The summed E-state index contributed by atoms with van der Waals surface area (Å²) in [6.07, 6.45) is 3.48. The van der Waals surface area contributed by atoms with Gasteiger partial charge < -0.3 is 25.3 Å². The number of phenols is 1. The molecule has 0 spiro atoms. The molecule has 196 valence electrons. The Kier molecular flexibility index (Phi) is 7.94. The van der Waals surface area contributed by atoms with Gasteiger partial charge in [0.15, 0.2) is 6.10 Å². The van der Waals surface area contributed by atoms with Gasteiger partial charge >= 0.3 is 0 Å². The van der Waals surface area contributed by atoms with Crippen LogP contribution in [0.4, 0.5) is 0 Å². The number of aromatic hydroxyl groups is 1. The highest BCUT2D eigenvalue weighted by atomic mass is 32.2. The molecule has 8 nitrogen and oxygen atoms in total. The Morgan fingerprint density at radius 3 is 2.62 bits per heavy atom. The van der Waals surface area contributed by atoms with Crippen molar-refractivity contribution in [2.75, 3.05) is 12.4 Å². The highest BCUT2D eigenvalue weighted by Crippen LogP contribution is 2.50. The minimum absolute atomic E-state index is 0.0147. The number of hydrogen-bond donors (Lipinski definition) is 3. The number of amides is 3. The van der Waals surface area contributed by atoms with Crippen molar-refractivity contribution in [3.05, 3.63) is 77.4 Å². The number of phenolic OH excluding ortho intramolecular Hbond substituents is 1. The Morgan fingerprint density at radius 2 is 1.92 bits per heavy atom. The average Bonchev–Trinajstić information content (AvgIpc) is 3.20. The van der Waals surface area contributed by atoms with Gasteiger partial charge in [-0.05, 0) is 44.4 Å². The van der Waals surface area contributed by atoms with E-state index in [0.717, 1.165) is 12.0 Å². The maximum absolute atomic E-state index is 13.5. The molecule has 2 saturated heterocycles. The molecule has 3 amide bonds. The van der Waals surface area contributed by atoms with Crippen LogP contribution in [0.15, 0.2) is 60.7 Å². The Bertz CT molecular complexity index is 1200. The number of thioether (sulfide) groups is 1. The third-order valence-electron chi connectivity index (χ3n) is 7.12. The lowest BCUT2D eigenvalue weighted by molar-refractivity contribution is -0.166. The fourth-order valence-corrected chi connectivity index (χ4v) is 6.29. The lowest BCUT2D eigenvalue weighted by Gasteiger charge is -2.52. The van der Waals surface area contributed by atoms with Gasteiger partial charge in [0.2, 0.25) is 5.91 Å². The molecular formula is C28H33N3O5S. The average molecular weight is 524 g/mol. The number of nitrogens with zero attached hydrogens (tertiary/aromatic N) is 2. The van der Waals surface area contributed by atoms with E-state index in [0.29, 0.717) is 12.1 Å². The van der Waals surface area contributed by atoms with Crippen molar-refractivity contribution in [2.24, 2.45) is 0 Å². The van der Waals surface area contributed by atoms with Gasteiger partial charge in [-0.25, -0.2) is 0 Å². The summed E-state index contributed by atoms with van der Waals surface area (Å²) in [6.45, 7) is 6.08. The molecule has 2 aliphatic heterocycles. The van der Waals surface area contributed by atoms with Gasteiger partial charge in [0, 0.05) is 17.7 Å². The third kappa shape index (κ3) is 5.10. The summed E-state index contributed by atoms with van der Waals surface area (Å²) >= 11 is 1.50. The van der Waals surface area contributed by atoms with Gasteiger partial charge in [0.05, 0.1) is 11.9 Å². The highest BCUT2D eigenvalue weighted by molar-refractivity contribution is 8.01. The summed E-state index contributed by atoms with van der Waals surface area (Å²) in [5.41, 5.74) is 1.50. The number of hydrogen-bond acceptors (Lipinski definition) is 6. The SMILES string of the molecule is CC/C=C/CN1C(=O)[C@H]2N(C(=O)[C@@H](O)[C@H](Cc3ccccc3)NC(=O)c3cccc(O)c3C)CSC21C. The van der Waals surface area contributed by atoms with Crippen LogP contribution >= 0.6 is 11.8 Å². The Balaban J connectivity index is 1.54. The molecule has 0 aromatic heterocycles. The molecule has 9 heteroatoms.